The quantitative estimate of drug-likeness (QED) is 0.912. The lowest BCUT2D eigenvalue weighted by Crippen LogP contribution is -2.36. The number of aliphatic carboxylic acids is 1. The molecule has 108 valence electrons. The maximum absolute atomic E-state index is 12.1. The molecule has 0 aliphatic rings. The number of aromatic nitrogens is 1. The maximum atomic E-state index is 12.1. The second-order valence-electron chi connectivity index (χ2n) is 4.23. The number of carbonyl (C=O) groups is 2. The van der Waals surface area contributed by atoms with Crippen molar-refractivity contribution in [2.24, 2.45) is 0 Å². The summed E-state index contributed by atoms with van der Waals surface area (Å²) in [7, 11) is 0. The normalized spacial score (nSPS) is 9.90. The van der Waals surface area contributed by atoms with Crippen molar-refractivity contribution in [2.75, 3.05) is 11.4 Å². The molecule has 0 fully saturated rings. The molecule has 0 radical (unpaired) electrons. The van der Waals surface area contributed by atoms with Crippen LogP contribution >= 0.6 is 0 Å². The van der Waals surface area contributed by atoms with E-state index in [9.17, 15) is 9.59 Å². The van der Waals surface area contributed by atoms with Crippen LogP contribution in [0.2, 0.25) is 0 Å². The molecule has 0 unspecified atom stereocenters. The smallest absolute Gasteiger partial charge is 0.415 e. The minimum atomic E-state index is -1.12. The van der Waals surface area contributed by atoms with Gasteiger partial charge < -0.3 is 9.84 Å². The van der Waals surface area contributed by atoms with Crippen molar-refractivity contribution in [3.8, 4) is 0 Å². The molecule has 1 heterocycles. The highest BCUT2D eigenvalue weighted by Crippen LogP contribution is 2.14. The first-order chi connectivity index (χ1) is 10.2. The van der Waals surface area contributed by atoms with E-state index in [4.69, 9.17) is 9.84 Å². The predicted octanol–water partition coefficient (Wildman–Crippen LogP) is 2.31. The third-order valence-corrected chi connectivity index (χ3v) is 2.69. The van der Waals surface area contributed by atoms with Crippen LogP contribution in [0.1, 0.15) is 5.56 Å². The van der Waals surface area contributed by atoms with E-state index in [1.54, 1.807) is 12.1 Å². The highest BCUT2D eigenvalue weighted by molar-refractivity contribution is 5.92. The molecule has 0 aliphatic carbocycles. The summed E-state index contributed by atoms with van der Waals surface area (Å²) in [6.45, 7) is -0.390. The van der Waals surface area contributed by atoms with Gasteiger partial charge in [0.1, 0.15) is 13.2 Å². The van der Waals surface area contributed by atoms with Crippen molar-refractivity contribution >= 4 is 17.7 Å². The topological polar surface area (TPSA) is 79.7 Å². The van der Waals surface area contributed by atoms with Crippen LogP contribution in [0, 0.1) is 0 Å². The third-order valence-electron chi connectivity index (χ3n) is 2.69. The van der Waals surface area contributed by atoms with Crippen molar-refractivity contribution in [3.05, 3.63) is 60.4 Å². The molecule has 2 aromatic rings. The van der Waals surface area contributed by atoms with E-state index in [2.05, 4.69) is 4.98 Å². The number of anilines is 1. The van der Waals surface area contributed by atoms with Gasteiger partial charge in [-0.2, -0.15) is 0 Å². The number of carbonyl (C=O) groups excluding carboxylic acids is 1. The summed E-state index contributed by atoms with van der Waals surface area (Å²) in [5.41, 5.74) is 1.25. The zero-order chi connectivity index (χ0) is 15.1. The van der Waals surface area contributed by atoms with Crippen molar-refractivity contribution in [1.29, 1.82) is 0 Å². The van der Waals surface area contributed by atoms with E-state index >= 15 is 0 Å². The summed E-state index contributed by atoms with van der Waals surface area (Å²) < 4.78 is 5.15. The van der Waals surface area contributed by atoms with E-state index in [-0.39, 0.29) is 6.61 Å². The first kappa shape index (κ1) is 14.5. The van der Waals surface area contributed by atoms with Crippen LogP contribution in [0.5, 0.6) is 0 Å². The minimum absolute atomic E-state index is 0.0842. The lowest BCUT2D eigenvalue weighted by molar-refractivity contribution is -0.135. The molecule has 1 amide bonds. The Morgan fingerprint density at radius 1 is 1.10 bits per heavy atom. The Morgan fingerprint density at radius 3 is 2.38 bits per heavy atom. The van der Waals surface area contributed by atoms with Gasteiger partial charge in [-0.15, -0.1) is 0 Å². The van der Waals surface area contributed by atoms with Crippen LogP contribution in [0.4, 0.5) is 10.5 Å². The Balaban J connectivity index is 2.06. The molecule has 0 saturated carbocycles. The Hall–Kier alpha value is -2.89. The fraction of sp³-hybridized carbons (Fsp3) is 0.133. The fourth-order valence-electron chi connectivity index (χ4n) is 1.72. The van der Waals surface area contributed by atoms with Gasteiger partial charge in [0, 0.05) is 12.4 Å². The molecule has 21 heavy (non-hydrogen) atoms. The summed E-state index contributed by atoms with van der Waals surface area (Å²) >= 11 is 0. The van der Waals surface area contributed by atoms with Crippen molar-refractivity contribution in [2.45, 2.75) is 6.61 Å². The van der Waals surface area contributed by atoms with Crippen molar-refractivity contribution in [3.63, 3.8) is 0 Å². The Bertz CT molecular complexity index is 602. The SMILES string of the molecule is O=C(O)CN(C(=O)OCc1ccccc1)c1ccncc1. The first-order valence-electron chi connectivity index (χ1n) is 6.27. The standard InChI is InChI=1S/C15H14N2O4/c18-14(19)10-17(13-6-8-16-9-7-13)15(20)21-11-12-4-2-1-3-5-12/h1-9H,10-11H2,(H,18,19). The molecule has 1 aromatic carbocycles. The molecule has 0 atom stereocenters. The fourth-order valence-corrected chi connectivity index (χ4v) is 1.72. The highest BCUT2D eigenvalue weighted by Gasteiger charge is 2.20. The predicted molar refractivity (Wildman–Crippen MR) is 75.8 cm³/mol. The van der Waals surface area contributed by atoms with Gasteiger partial charge in [-0.05, 0) is 17.7 Å². The summed E-state index contributed by atoms with van der Waals surface area (Å²) in [5.74, 6) is -1.12. The number of carboxylic acids is 1. The molecule has 0 saturated heterocycles. The zero-order valence-corrected chi connectivity index (χ0v) is 11.2. The average Bonchev–Trinajstić information content (AvgIpc) is 2.52. The number of hydrogen-bond acceptors (Lipinski definition) is 4. The van der Waals surface area contributed by atoms with E-state index < -0.39 is 18.6 Å². The molecular formula is C15H14N2O4. The number of hydrogen-bond donors (Lipinski definition) is 1. The van der Waals surface area contributed by atoms with E-state index in [1.165, 1.54) is 12.4 Å². The second kappa shape index (κ2) is 7.04. The van der Waals surface area contributed by atoms with E-state index in [0.29, 0.717) is 5.69 Å². The molecular weight excluding hydrogens is 272 g/mol. The van der Waals surface area contributed by atoms with Gasteiger partial charge in [0.25, 0.3) is 0 Å². The van der Waals surface area contributed by atoms with Gasteiger partial charge in [-0.1, -0.05) is 30.3 Å². The lowest BCUT2D eigenvalue weighted by atomic mass is 10.2. The molecule has 1 aromatic heterocycles. The Kier molecular flexibility index (Phi) is 4.87. The monoisotopic (exact) mass is 286 g/mol. The van der Waals surface area contributed by atoms with Gasteiger partial charge in [0.2, 0.25) is 0 Å². The van der Waals surface area contributed by atoms with Crippen molar-refractivity contribution < 1.29 is 19.4 Å². The van der Waals surface area contributed by atoms with Crippen molar-refractivity contribution in [1.82, 2.24) is 4.98 Å². The van der Waals surface area contributed by atoms with Gasteiger partial charge >= 0.3 is 12.1 Å². The molecule has 6 nitrogen and oxygen atoms in total. The number of amides is 1. The van der Waals surface area contributed by atoms with Gasteiger partial charge in [0.05, 0.1) is 5.69 Å². The Morgan fingerprint density at radius 2 is 1.76 bits per heavy atom. The first-order valence-corrected chi connectivity index (χ1v) is 6.27. The molecule has 0 spiro atoms. The number of carboxylic acid groups (broad SMARTS) is 1. The molecule has 0 bridgehead atoms. The summed E-state index contributed by atoms with van der Waals surface area (Å²) in [6.07, 6.45) is 2.25. The highest BCUT2D eigenvalue weighted by atomic mass is 16.6. The van der Waals surface area contributed by atoms with E-state index in [0.717, 1.165) is 10.5 Å². The van der Waals surface area contributed by atoms with E-state index in [1.807, 2.05) is 30.3 Å². The van der Waals surface area contributed by atoms with Gasteiger partial charge in [-0.25, -0.2) is 4.79 Å². The largest absolute Gasteiger partial charge is 0.480 e. The molecule has 0 aliphatic heterocycles. The third kappa shape index (κ3) is 4.31. The molecule has 1 N–H and O–H groups in total. The zero-order valence-electron chi connectivity index (χ0n) is 11.2. The Labute approximate surface area is 121 Å². The molecule has 6 heteroatoms. The second-order valence-corrected chi connectivity index (χ2v) is 4.23. The number of ether oxygens (including phenoxy) is 1. The number of benzene rings is 1. The van der Waals surface area contributed by atoms with Crippen LogP contribution in [0.15, 0.2) is 54.9 Å². The summed E-state index contributed by atoms with van der Waals surface area (Å²) in [6, 6.07) is 12.3. The number of pyridine rings is 1. The van der Waals surface area contributed by atoms with Gasteiger partial charge in [-0.3, -0.25) is 14.7 Å². The van der Waals surface area contributed by atoms with Crippen LogP contribution < -0.4 is 4.90 Å². The lowest BCUT2D eigenvalue weighted by Gasteiger charge is -2.20. The van der Waals surface area contributed by atoms with Crippen LogP contribution in [0.3, 0.4) is 0 Å². The summed E-state index contributed by atoms with van der Waals surface area (Å²) in [4.78, 5) is 27.9. The van der Waals surface area contributed by atoms with Crippen LogP contribution in [0.25, 0.3) is 0 Å². The maximum Gasteiger partial charge on any atom is 0.415 e. The summed E-state index contributed by atoms with van der Waals surface area (Å²) in [5, 5.41) is 8.91. The number of nitrogens with zero attached hydrogens (tertiary/aromatic N) is 2. The number of rotatable bonds is 5. The van der Waals surface area contributed by atoms with Gasteiger partial charge in [0.15, 0.2) is 0 Å². The van der Waals surface area contributed by atoms with Crippen LogP contribution in [-0.4, -0.2) is 28.7 Å². The molecule has 2 rings (SSSR count). The van der Waals surface area contributed by atoms with Crippen LogP contribution in [-0.2, 0) is 16.1 Å². The average molecular weight is 286 g/mol. The minimum Gasteiger partial charge on any atom is -0.480 e.